The molecular weight excluding hydrogens is 436 g/mol. The molecule has 0 spiro atoms. The van der Waals surface area contributed by atoms with Crippen LogP contribution in [0.25, 0.3) is 16.9 Å². The number of halogens is 6. The van der Waals surface area contributed by atoms with Crippen LogP contribution in [0.2, 0.25) is 0 Å². The van der Waals surface area contributed by atoms with Gasteiger partial charge < -0.3 is 5.73 Å². The van der Waals surface area contributed by atoms with E-state index in [1.807, 2.05) is 0 Å². The number of nitrogen functional groups attached to an aromatic ring is 1. The van der Waals surface area contributed by atoms with Crippen molar-refractivity contribution in [2.45, 2.75) is 12.4 Å². The Hall–Kier alpha value is -4.07. The van der Waals surface area contributed by atoms with E-state index in [0.29, 0.717) is 5.56 Å². The normalized spacial score (nSPS) is 11.9. The standard InChI is InChI=1S/C21H11F6N5/c22-20(23,24)14-5-3-13(4-6-14)17-9-16(21(25,26)27)19-30-15(11-32(19)31-17)7-1-12-2-8-18(28)29-10-12/h2-6,8-11H,(H2,28,29). The van der Waals surface area contributed by atoms with Crippen LogP contribution in [0, 0.1) is 11.8 Å². The molecule has 11 heteroatoms. The average molecular weight is 447 g/mol. The fraction of sp³-hybridized carbons (Fsp3) is 0.0952. The number of pyridine rings is 1. The van der Waals surface area contributed by atoms with Crippen LogP contribution in [0.5, 0.6) is 0 Å². The van der Waals surface area contributed by atoms with Crippen molar-refractivity contribution in [3.63, 3.8) is 0 Å². The zero-order chi connectivity index (χ0) is 23.1. The predicted molar refractivity (Wildman–Crippen MR) is 103 cm³/mol. The molecule has 0 unspecified atom stereocenters. The average Bonchev–Trinajstić information content (AvgIpc) is 3.14. The third-order valence-electron chi connectivity index (χ3n) is 4.36. The number of hydrogen-bond acceptors (Lipinski definition) is 4. The zero-order valence-corrected chi connectivity index (χ0v) is 15.8. The monoisotopic (exact) mass is 447 g/mol. The van der Waals surface area contributed by atoms with Crippen molar-refractivity contribution in [1.82, 2.24) is 19.6 Å². The molecule has 0 atom stereocenters. The summed E-state index contributed by atoms with van der Waals surface area (Å²) in [6, 6.07) is 7.53. The molecule has 0 amide bonds. The summed E-state index contributed by atoms with van der Waals surface area (Å²) in [4.78, 5) is 7.77. The van der Waals surface area contributed by atoms with E-state index in [-0.39, 0.29) is 22.8 Å². The molecule has 4 rings (SSSR count). The molecule has 3 heterocycles. The molecule has 2 N–H and O–H groups in total. The van der Waals surface area contributed by atoms with Gasteiger partial charge in [-0.1, -0.05) is 18.1 Å². The van der Waals surface area contributed by atoms with Crippen molar-refractivity contribution in [1.29, 1.82) is 0 Å². The summed E-state index contributed by atoms with van der Waals surface area (Å²) in [6.07, 6.45) is -6.73. The first-order valence-corrected chi connectivity index (χ1v) is 8.89. The van der Waals surface area contributed by atoms with E-state index in [9.17, 15) is 26.3 Å². The van der Waals surface area contributed by atoms with Gasteiger partial charge in [0.05, 0.1) is 17.5 Å². The first kappa shape index (κ1) is 21.2. The topological polar surface area (TPSA) is 69.1 Å². The van der Waals surface area contributed by atoms with Crippen molar-refractivity contribution in [3.8, 4) is 23.1 Å². The molecular formula is C21H11F6N5. The van der Waals surface area contributed by atoms with E-state index in [0.717, 1.165) is 34.8 Å². The zero-order valence-electron chi connectivity index (χ0n) is 15.8. The third-order valence-corrected chi connectivity index (χ3v) is 4.36. The number of benzene rings is 1. The molecule has 0 radical (unpaired) electrons. The number of anilines is 1. The molecule has 3 aromatic heterocycles. The molecule has 0 aliphatic heterocycles. The minimum atomic E-state index is -4.78. The van der Waals surface area contributed by atoms with Gasteiger partial charge in [-0.2, -0.15) is 31.4 Å². The lowest BCUT2D eigenvalue weighted by Crippen LogP contribution is -2.10. The maximum absolute atomic E-state index is 13.6. The van der Waals surface area contributed by atoms with Gasteiger partial charge in [0, 0.05) is 17.3 Å². The molecule has 1 aromatic carbocycles. The minimum absolute atomic E-state index is 0.0180. The highest BCUT2D eigenvalue weighted by atomic mass is 19.4. The van der Waals surface area contributed by atoms with Crippen molar-refractivity contribution in [3.05, 3.63) is 77.2 Å². The van der Waals surface area contributed by atoms with Gasteiger partial charge >= 0.3 is 12.4 Å². The number of fused-ring (bicyclic) bond motifs is 1. The fourth-order valence-corrected chi connectivity index (χ4v) is 2.83. The van der Waals surface area contributed by atoms with Crippen LogP contribution in [-0.2, 0) is 12.4 Å². The van der Waals surface area contributed by atoms with E-state index in [4.69, 9.17) is 5.73 Å². The highest BCUT2D eigenvalue weighted by Crippen LogP contribution is 2.35. The summed E-state index contributed by atoms with van der Waals surface area (Å²) in [5, 5.41) is 4.07. The van der Waals surface area contributed by atoms with E-state index in [2.05, 4.69) is 26.9 Å². The molecule has 0 aliphatic carbocycles. The van der Waals surface area contributed by atoms with Gasteiger partial charge in [0.1, 0.15) is 17.1 Å². The molecule has 4 aromatic rings. The van der Waals surface area contributed by atoms with Crippen LogP contribution >= 0.6 is 0 Å². The lowest BCUT2D eigenvalue weighted by molar-refractivity contribution is -0.138. The summed E-state index contributed by atoms with van der Waals surface area (Å²) < 4.78 is 80.1. The molecule has 162 valence electrons. The Balaban J connectivity index is 1.79. The number of alkyl halides is 6. The Kier molecular flexibility index (Phi) is 5.00. The van der Waals surface area contributed by atoms with Crippen LogP contribution < -0.4 is 5.73 Å². The summed E-state index contributed by atoms with van der Waals surface area (Å²) in [5.74, 6) is 5.64. The summed E-state index contributed by atoms with van der Waals surface area (Å²) in [6.45, 7) is 0. The molecule has 0 aliphatic rings. The van der Waals surface area contributed by atoms with Gasteiger partial charge in [-0.3, -0.25) is 0 Å². The van der Waals surface area contributed by atoms with Crippen LogP contribution in [-0.4, -0.2) is 19.6 Å². The van der Waals surface area contributed by atoms with Crippen LogP contribution in [0.3, 0.4) is 0 Å². The smallest absolute Gasteiger partial charge is 0.384 e. The molecule has 5 nitrogen and oxygen atoms in total. The van der Waals surface area contributed by atoms with Gasteiger partial charge in [-0.05, 0) is 36.3 Å². The Labute approximate surface area is 176 Å². The lowest BCUT2D eigenvalue weighted by Gasteiger charge is -2.11. The van der Waals surface area contributed by atoms with E-state index in [1.165, 1.54) is 18.5 Å². The largest absolute Gasteiger partial charge is 0.420 e. The number of imidazole rings is 1. The second-order valence-corrected chi connectivity index (χ2v) is 6.63. The summed E-state index contributed by atoms with van der Waals surface area (Å²) in [5.41, 5.74) is 3.41. The number of nitrogens with two attached hydrogens (primary N) is 1. The Bertz CT molecular complexity index is 1340. The SMILES string of the molecule is Nc1ccc(C#Cc2cn3nc(-c4ccc(C(F)(F)F)cc4)cc(C(F)(F)F)c3n2)cn1. The van der Waals surface area contributed by atoms with Gasteiger partial charge in [0.25, 0.3) is 0 Å². The maximum Gasteiger partial charge on any atom is 0.420 e. The number of hydrogen-bond donors (Lipinski definition) is 1. The highest BCUT2D eigenvalue weighted by molar-refractivity contribution is 5.64. The molecule has 0 saturated carbocycles. The van der Waals surface area contributed by atoms with E-state index >= 15 is 0 Å². The van der Waals surface area contributed by atoms with Crippen molar-refractivity contribution >= 4 is 11.5 Å². The van der Waals surface area contributed by atoms with Crippen molar-refractivity contribution in [2.75, 3.05) is 5.73 Å². The van der Waals surface area contributed by atoms with Crippen molar-refractivity contribution in [2.24, 2.45) is 0 Å². The van der Waals surface area contributed by atoms with Crippen LogP contribution in [0.15, 0.2) is 54.9 Å². The van der Waals surface area contributed by atoms with Crippen molar-refractivity contribution < 1.29 is 26.3 Å². The van der Waals surface area contributed by atoms with Gasteiger partial charge in [0.2, 0.25) is 0 Å². The number of nitrogens with zero attached hydrogens (tertiary/aromatic N) is 4. The molecule has 0 fully saturated rings. The summed E-state index contributed by atoms with van der Waals surface area (Å²) >= 11 is 0. The number of rotatable bonds is 1. The molecule has 0 saturated heterocycles. The molecule has 32 heavy (non-hydrogen) atoms. The lowest BCUT2D eigenvalue weighted by atomic mass is 10.1. The fourth-order valence-electron chi connectivity index (χ4n) is 2.83. The molecule has 0 bridgehead atoms. The van der Waals surface area contributed by atoms with Crippen LogP contribution in [0.1, 0.15) is 22.4 Å². The van der Waals surface area contributed by atoms with Gasteiger partial charge in [-0.15, -0.1) is 0 Å². The van der Waals surface area contributed by atoms with Gasteiger partial charge in [0.15, 0.2) is 5.65 Å². The summed E-state index contributed by atoms with van der Waals surface area (Å²) in [7, 11) is 0. The predicted octanol–water partition coefficient (Wildman–Crippen LogP) is 4.81. The Morgan fingerprint density at radius 1 is 0.875 bits per heavy atom. The first-order chi connectivity index (χ1) is 15.0. The van der Waals surface area contributed by atoms with E-state index < -0.39 is 29.1 Å². The Morgan fingerprint density at radius 3 is 2.19 bits per heavy atom. The maximum atomic E-state index is 13.6. The highest BCUT2D eigenvalue weighted by Gasteiger charge is 2.35. The van der Waals surface area contributed by atoms with E-state index in [1.54, 1.807) is 6.07 Å². The second-order valence-electron chi connectivity index (χ2n) is 6.63. The number of aromatic nitrogens is 4. The minimum Gasteiger partial charge on any atom is -0.384 e. The third kappa shape index (κ3) is 4.34. The quantitative estimate of drug-likeness (QED) is 0.336. The Morgan fingerprint density at radius 2 is 1.59 bits per heavy atom. The van der Waals surface area contributed by atoms with Gasteiger partial charge in [-0.25, -0.2) is 14.5 Å². The van der Waals surface area contributed by atoms with Crippen LogP contribution in [0.4, 0.5) is 32.2 Å². The first-order valence-electron chi connectivity index (χ1n) is 8.89. The second kappa shape index (κ2) is 7.56.